The van der Waals surface area contributed by atoms with E-state index in [1.165, 1.54) is 23.9 Å². The van der Waals surface area contributed by atoms with Gasteiger partial charge in [-0.1, -0.05) is 18.7 Å². The minimum atomic E-state index is -0.957. The smallest absolute Gasteiger partial charge is 0.335 e. The Labute approximate surface area is 96.7 Å². The Hall–Kier alpha value is -1.49. The number of aromatic carboxylic acids is 1. The SMILES string of the molecule is CCCSc1nc2ccc(C(=O)O)cc2o1. The van der Waals surface area contributed by atoms with Crippen molar-refractivity contribution in [2.45, 2.75) is 18.6 Å². The van der Waals surface area contributed by atoms with E-state index in [0.29, 0.717) is 16.3 Å². The van der Waals surface area contributed by atoms with E-state index < -0.39 is 5.97 Å². The van der Waals surface area contributed by atoms with Crippen LogP contribution in [0.5, 0.6) is 0 Å². The molecule has 0 spiro atoms. The first-order chi connectivity index (χ1) is 7.70. The first kappa shape index (κ1) is 11.0. The van der Waals surface area contributed by atoms with E-state index in [-0.39, 0.29) is 5.56 Å². The summed E-state index contributed by atoms with van der Waals surface area (Å²) in [4.78, 5) is 15.0. The predicted molar refractivity (Wildman–Crippen MR) is 62.0 cm³/mol. The minimum Gasteiger partial charge on any atom is -0.478 e. The Morgan fingerprint density at radius 2 is 2.38 bits per heavy atom. The summed E-state index contributed by atoms with van der Waals surface area (Å²) in [5.41, 5.74) is 1.44. The number of carboxylic acid groups (broad SMARTS) is 1. The van der Waals surface area contributed by atoms with Crippen molar-refractivity contribution < 1.29 is 14.3 Å². The van der Waals surface area contributed by atoms with Gasteiger partial charge in [0.1, 0.15) is 5.52 Å². The summed E-state index contributed by atoms with van der Waals surface area (Å²) in [6.45, 7) is 2.08. The fourth-order valence-electron chi connectivity index (χ4n) is 1.29. The third kappa shape index (κ3) is 2.19. The van der Waals surface area contributed by atoms with Crippen LogP contribution in [0.2, 0.25) is 0 Å². The quantitative estimate of drug-likeness (QED) is 0.828. The average Bonchev–Trinajstić information content (AvgIpc) is 2.67. The number of carboxylic acids is 1. The molecule has 5 heteroatoms. The second kappa shape index (κ2) is 4.57. The van der Waals surface area contributed by atoms with Crippen molar-refractivity contribution in [2.24, 2.45) is 0 Å². The van der Waals surface area contributed by atoms with Gasteiger partial charge in [0.25, 0.3) is 5.22 Å². The van der Waals surface area contributed by atoms with Gasteiger partial charge in [-0.3, -0.25) is 0 Å². The largest absolute Gasteiger partial charge is 0.478 e. The zero-order chi connectivity index (χ0) is 11.5. The lowest BCUT2D eigenvalue weighted by Crippen LogP contribution is -1.94. The lowest BCUT2D eigenvalue weighted by atomic mass is 10.2. The van der Waals surface area contributed by atoms with Crippen LogP contribution in [0.15, 0.2) is 27.8 Å². The van der Waals surface area contributed by atoms with E-state index in [2.05, 4.69) is 11.9 Å². The van der Waals surface area contributed by atoms with Crippen molar-refractivity contribution in [1.82, 2.24) is 4.98 Å². The molecular formula is C11H11NO3S. The molecule has 0 fully saturated rings. The maximum Gasteiger partial charge on any atom is 0.335 e. The second-order valence-electron chi connectivity index (χ2n) is 3.32. The number of hydrogen-bond donors (Lipinski definition) is 1. The van der Waals surface area contributed by atoms with E-state index >= 15 is 0 Å². The van der Waals surface area contributed by atoms with Gasteiger partial charge >= 0.3 is 5.97 Å². The summed E-state index contributed by atoms with van der Waals surface area (Å²) in [5, 5.41) is 9.42. The normalized spacial score (nSPS) is 10.8. The number of rotatable bonds is 4. The number of benzene rings is 1. The molecule has 0 aliphatic heterocycles. The Morgan fingerprint density at radius 3 is 3.06 bits per heavy atom. The molecule has 84 valence electrons. The molecule has 0 unspecified atom stereocenters. The highest BCUT2D eigenvalue weighted by atomic mass is 32.2. The predicted octanol–water partition coefficient (Wildman–Crippen LogP) is 3.03. The lowest BCUT2D eigenvalue weighted by molar-refractivity contribution is 0.0697. The third-order valence-corrected chi connectivity index (χ3v) is 3.08. The highest BCUT2D eigenvalue weighted by molar-refractivity contribution is 7.99. The molecule has 0 aliphatic carbocycles. The van der Waals surface area contributed by atoms with Crippen LogP contribution in [0.4, 0.5) is 0 Å². The molecule has 4 nitrogen and oxygen atoms in total. The number of carbonyl (C=O) groups is 1. The Morgan fingerprint density at radius 1 is 1.56 bits per heavy atom. The number of thioether (sulfide) groups is 1. The van der Waals surface area contributed by atoms with E-state index in [0.717, 1.165) is 12.2 Å². The second-order valence-corrected chi connectivity index (χ2v) is 4.36. The number of nitrogens with zero attached hydrogens (tertiary/aromatic N) is 1. The van der Waals surface area contributed by atoms with E-state index in [1.807, 2.05) is 0 Å². The van der Waals surface area contributed by atoms with Crippen LogP contribution in [0.3, 0.4) is 0 Å². The van der Waals surface area contributed by atoms with Crippen molar-refractivity contribution in [1.29, 1.82) is 0 Å². The maximum absolute atomic E-state index is 10.8. The van der Waals surface area contributed by atoms with Crippen molar-refractivity contribution in [3.05, 3.63) is 23.8 Å². The fraction of sp³-hybridized carbons (Fsp3) is 0.273. The molecule has 0 aliphatic rings. The van der Waals surface area contributed by atoms with Crippen LogP contribution >= 0.6 is 11.8 Å². The number of fused-ring (bicyclic) bond motifs is 1. The number of aromatic nitrogens is 1. The lowest BCUT2D eigenvalue weighted by Gasteiger charge is -1.91. The first-order valence-electron chi connectivity index (χ1n) is 4.97. The van der Waals surface area contributed by atoms with Crippen LogP contribution in [0.1, 0.15) is 23.7 Å². The van der Waals surface area contributed by atoms with Crippen molar-refractivity contribution in [3.63, 3.8) is 0 Å². The van der Waals surface area contributed by atoms with Gasteiger partial charge in [0, 0.05) is 5.75 Å². The molecule has 1 aromatic carbocycles. The van der Waals surface area contributed by atoms with Crippen LogP contribution in [0, 0.1) is 0 Å². The van der Waals surface area contributed by atoms with Gasteiger partial charge in [0.05, 0.1) is 5.56 Å². The highest BCUT2D eigenvalue weighted by Crippen LogP contribution is 2.24. The number of hydrogen-bond acceptors (Lipinski definition) is 4. The monoisotopic (exact) mass is 237 g/mol. The van der Waals surface area contributed by atoms with Crippen LogP contribution < -0.4 is 0 Å². The van der Waals surface area contributed by atoms with E-state index in [1.54, 1.807) is 6.07 Å². The maximum atomic E-state index is 10.8. The van der Waals surface area contributed by atoms with Crippen LogP contribution in [-0.4, -0.2) is 21.8 Å². The van der Waals surface area contributed by atoms with Gasteiger partial charge < -0.3 is 9.52 Å². The average molecular weight is 237 g/mol. The van der Waals surface area contributed by atoms with E-state index in [4.69, 9.17) is 9.52 Å². The van der Waals surface area contributed by atoms with Crippen LogP contribution in [0.25, 0.3) is 11.1 Å². The standard InChI is InChI=1S/C11H11NO3S/c1-2-5-16-11-12-8-4-3-7(10(13)14)6-9(8)15-11/h3-4,6H,2,5H2,1H3,(H,13,14). The molecule has 0 bridgehead atoms. The molecule has 0 saturated carbocycles. The minimum absolute atomic E-state index is 0.218. The molecule has 0 saturated heterocycles. The highest BCUT2D eigenvalue weighted by Gasteiger charge is 2.09. The summed E-state index contributed by atoms with van der Waals surface area (Å²) >= 11 is 1.54. The molecule has 0 amide bonds. The zero-order valence-corrected chi connectivity index (χ0v) is 9.58. The molecular weight excluding hydrogens is 226 g/mol. The summed E-state index contributed by atoms with van der Waals surface area (Å²) in [6, 6.07) is 4.69. The molecule has 1 N–H and O–H groups in total. The van der Waals surface area contributed by atoms with Crippen molar-refractivity contribution in [2.75, 3.05) is 5.75 Å². The molecule has 0 radical (unpaired) electrons. The molecule has 2 aromatic rings. The summed E-state index contributed by atoms with van der Waals surface area (Å²) in [7, 11) is 0. The van der Waals surface area contributed by atoms with Gasteiger partial charge in [-0.2, -0.15) is 0 Å². The Kier molecular flexibility index (Phi) is 3.14. The fourth-order valence-corrected chi connectivity index (χ4v) is 1.98. The van der Waals surface area contributed by atoms with Crippen molar-refractivity contribution in [3.8, 4) is 0 Å². The van der Waals surface area contributed by atoms with Gasteiger partial charge in [-0.05, 0) is 24.6 Å². The Balaban J connectivity index is 2.34. The summed E-state index contributed by atoms with van der Waals surface area (Å²) in [5.74, 6) is -0.0143. The molecule has 16 heavy (non-hydrogen) atoms. The summed E-state index contributed by atoms with van der Waals surface area (Å²) in [6.07, 6.45) is 1.05. The summed E-state index contributed by atoms with van der Waals surface area (Å²) < 4.78 is 5.45. The molecule has 2 rings (SSSR count). The van der Waals surface area contributed by atoms with Gasteiger partial charge in [-0.15, -0.1) is 0 Å². The number of oxazole rings is 1. The van der Waals surface area contributed by atoms with Gasteiger partial charge in [0.2, 0.25) is 0 Å². The molecule has 1 heterocycles. The zero-order valence-electron chi connectivity index (χ0n) is 8.77. The topological polar surface area (TPSA) is 63.3 Å². The van der Waals surface area contributed by atoms with Crippen molar-refractivity contribution >= 4 is 28.8 Å². The van der Waals surface area contributed by atoms with E-state index in [9.17, 15) is 4.79 Å². The molecule has 0 atom stereocenters. The van der Waals surface area contributed by atoms with Gasteiger partial charge in [0.15, 0.2) is 5.58 Å². The third-order valence-electron chi connectivity index (χ3n) is 2.05. The first-order valence-corrected chi connectivity index (χ1v) is 5.96. The van der Waals surface area contributed by atoms with Gasteiger partial charge in [-0.25, -0.2) is 9.78 Å². The molecule has 1 aromatic heterocycles. The Bertz CT molecular complexity index is 521. The van der Waals surface area contributed by atoms with Crippen LogP contribution in [-0.2, 0) is 0 Å².